The second-order valence-corrected chi connectivity index (χ2v) is 9.85. The topological polar surface area (TPSA) is 108 Å². The van der Waals surface area contributed by atoms with Gasteiger partial charge in [-0.1, -0.05) is 56.3 Å². The van der Waals surface area contributed by atoms with Gasteiger partial charge < -0.3 is 20.1 Å². The van der Waals surface area contributed by atoms with Gasteiger partial charge in [0.05, 0.1) is 29.4 Å². The number of aliphatic hydroxyl groups excluding tert-OH is 1. The minimum atomic E-state index is -3.10. The van der Waals surface area contributed by atoms with Gasteiger partial charge in [-0.2, -0.15) is 13.9 Å². The van der Waals surface area contributed by atoms with Crippen molar-refractivity contribution in [3.8, 4) is 28.4 Å². The smallest absolute Gasteiger partial charge is 0.387 e. The average molecular weight is 546 g/mol. The van der Waals surface area contributed by atoms with E-state index in [0.29, 0.717) is 17.1 Å². The highest BCUT2D eigenvalue weighted by atomic mass is 19.3. The summed E-state index contributed by atoms with van der Waals surface area (Å²) >= 11 is 0. The lowest BCUT2D eigenvalue weighted by Gasteiger charge is -2.14. The summed E-state index contributed by atoms with van der Waals surface area (Å²) < 4.78 is 35.0. The lowest BCUT2D eigenvalue weighted by Crippen LogP contribution is -2.12. The van der Waals surface area contributed by atoms with E-state index in [9.17, 15) is 18.7 Å². The third kappa shape index (κ3) is 5.17. The molecule has 0 saturated carbocycles. The number of hydrogen-bond donors (Lipinski definition) is 2. The largest absolute Gasteiger partial charge is 0.434 e. The van der Waals surface area contributed by atoms with E-state index in [1.54, 1.807) is 4.68 Å². The molecule has 2 aromatic heterocycles. The summed E-state index contributed by atoms with van der Waals surface area (Å²) in [5.74, 6) is -0.526. The first kappa shape index (κ1) is 27.0. The molecule has 0 bridgehead atoms. The Morgan fingerprint density at radius 2 is 1.80 bits per heavy atom. The van der Waals surface area contributed by atoms with E-state index in [1.165, 1.54) is 18.2 Å². The molecule has 0 fully saturated rings. The van der Waals surface area contributed by atoms with Crippen LogP contribution in [-0.4, -0.2) is 37.0 Å². The summed E-state index contributed by atoms with van der Waals surface area (Å²) in [6.07, 6.45) is 1.14. The van der Waals surface area contributed by atoms with Gasteiger partial charge in [-0.3, -0.25) is 9.48 Å². The van der Waals surface area contributed by atoms with Crippen molar-refractivity contribution in [2.24, 2.45) is 12.8 Å². The quantitative estimate of drug-likeness (QED) is 0.248. The van der Waals surface area contributed by atoms with Crippen LogP contribution in [0.2, 0.25) is 0 Å². The van der Waals surface area contributed by atoms with E-state index in [2.05, 4.69) is 5.10 Å². The predicted octanol–water partition coefficient (Wildman–Crippen LogP) is 5.66. The maximum absolute atomic E-state index is 13.3. The van der Waals surface area contributed by atoms with Crippen molar-refractivity contribution >= 4 is 16.8 Å². The number of fused-ring (bicyclic) bond motifs is 1. The van der Waals surface area contributed by atoms with Crippen LogP contribution in [0.25, 0.3) is 33.5 Å². The highest BCUT2D eigenvalue weighted by Gasteiger charge is 2.25. The molecule has 2 heterocycles. The van der Waals surface area contributed by atoms with Gasteiger partial charge in [0.2, 0.25) is 5.91 Å². The van der Waals surface area contributed by atoms with Gasteiger partial charge in [-0.15, -0.1) is 0 Å². The molecule has 8 nitrogen and oxygen atoms in total. The molecule has 3 aromatic carbocycles. The Morgan fingerprint density at radius 3 is 2.48 bits per heavy atom. The number of carbonyl (C=O) groups excluding carboxylic acids is 1. The predicted molar refractivity (Wildman–Crippen MR) is 148 cm³/mol. The zero-order valence-electron chi connectivity index (χ0n) is 22.3. The van der Waals surface area contributed by atoms with Crippen LogP contribution in [0.5, 0.6) is 5.75 Å². The first-order chi connectivity index (χ1) is 19.1. The third-order valence-corrected chi connectivity index (χ3v) is 6.81. The number of primary amides is 1. The van der Waals surface area contributed by atoms with Crippen LogP contribution in [0, 0.1) is 0 Å². The summed E-state index contributed by atoms with van der Waals surface area (Å²) in [5, 5.41) is 16.2. The van der Waals surface area contributed by atoms with E-state index in [4.69, 9.17) is 15.5 Å². The van der Waals surface area contributed by atoms with Gasteiger partial charge >= 0.3 is 6.61 Å². The Labute approximate surface area is 229 Å². The summed E-state index contributed by atoms with van der Waals surface area (Å²) in [7, 11) is 1.81. The van der Waals surface area contributed by atoms with Crippen molar-refractivity contribution < 1.29 is 23.4 Å². The first-order valence-electron chi connectivity index (χ1n) is 12.8. The summed E-state index contributed by atoms with van der Waals surface area (Å²) in [6.45, 7) is 1.22. The number of halogens is 2. The molecule has 0 aliphatic heterocycles. The second kappa shape index (κ2) is 10.9. The molecular weight excluding hydrogens is 516 g/mol. The number of imidazole rings is 1. The number of aromatic nitrogens is 4. The van der Waals surface area contributed by atoms with Crippen LogP contribution in [0.3, 0.4) is 0 Å². The van der Waals surface area contributed by atoms with Crippen LogP contribution in [0.15, 0.2) is 72.9 Å². The summed E-state index contributed by atoms with van der Waals surface area (Å²) in [5.41, 5.74) is 9.60. The number of carbonyl (C=O) groups is 1. The van der Waals surface area contributed by atoms with Crippen molar-refractivity contribution in [1.29, 1.82) is 0 Å². The highest BCUT2D eigenvalue weighted by molar-refractivity contribution is 5.95. The fraction of sp³-hybridized carbons (Fsp3) is 0.233. The lowest BCUT2D eigenvalue weighted by molar-refractivity contribution is -0.0495. The molecule has 0 saturated heterocycles. The minimum absolute atomic E-state index is 0.0239. The van der Waals surface area contributed by atoms with Crippen LogP contribution in [-0.2, 0) is 13.6 Å². The van der Waals surface area contributed by atoms with E-state index < -0.39 is 18.6 Å². The Morgan fingerprint density at radius 1 is 1.05 bits per heavy atom. The Bertz CT molecular complexity index is 1680. The van der Waals surface area contributed by atoms with Crippen molar-refractivity contribution in [3.63, 3.8) is 0 Å². The Kier molecular flexibility index (Phi) is 7.36. The van der Waals surface area contributed by atoms with E-state index in [0.717, 1.165) is 27.7 Å². The Hall–Kier alpha value is -4.57. The summed E-state index contributed by atoms with van der Waals surface area (Å²) in [4.78, 5) is 16.6. The second-order valence-electron chi connectivity index (χ2n) is 9.85. The number of hydrogen-bond acceptors (Lipinski definition) is 5. The number of nitrogens with two attached hydrogens (primary N) is 1. The fourth-order valence-electron chi connectivity index (χ4n) is 5.01. The molecule has 5 aromatic rings. The molecule has 5 rings (SSSR count). The number of aliphatic hydroxyl groups is 1. The molecule has 1 amide bonds. The van der Waals surface area contributed by atoms with Crippen molar-refractivity contribution in [2.75, 3.05) is 0 Å². The standard InChI is InChI=1S/C30H29F2N5O3/c1-17(2)27-26(34-29(36(27)3)21-13-12-19(28(33)39)14-25(21)40-30(31)32)20-10-7-11-23-22(20)15-37(35-23)16-24(38)18-8-5-4-6-9-18/h4-15,17,24,30,38H,16H2,1-3H3,(H2,33,39)/t24-/m0/s1. The molecule has 0 spiro atoms. The molecule has 0 aliphatic rings. The molecular formula is C30H29F2N5O3. The lowest BCUT2D eigenvalue weighted by atomic mass is 10.0. The number of alkyl halides is 2. The van der Waals surface area contributed by atoms with Crippen molar-refractivity contribution in [1.82, 2.24) is 19.3 Å². The molecule has 1 atom stereocenters. The fourth-order valence-corrected chi connectivity index (χ4v) is 5.01. The van der Waals surface area contributed by atoms with Crippen molar-refractivity contribution in [2.45, 2.75) is 39.0 Å². The van der Waals surface area contributed by atoms with Crippen LogP contribution in [0.4, 0.5) is 8.78 Å². The molecule has 10 heteroatoms. The number of rotatable bonds is 9. The number of ether oxygens (including phenoxy) is 1. The summed E-state index contributed by atoms with van der Waals surface area (Å²) in [6, 6.07) is 19.3. The van der Waals surface area contributed by atoms with E-state index in [-0.39, 0.29) is 23.8 Å². The molecule has 0 unspecified atom stereocenters. The SMILES string of the molecule is CC(C)c1c(-c2cccc3nn(C[C@H](O)c4ccccc4)cc23)nc(-c2ccc(C(N)=O)cc2OC(F)F)n1C. The zero-order valence-corrected chi connectivity index (χ0v) is 22.3. The van der Waals surface area contributed by atoms with Crippen LogP contribution in [0.1, 0.15) is 47.5 Å². The molecule has 3 N–H and O–H groups in total. The molecule has 40 heavy (non-hydrogen) atoms. The van der Waals surface area contributed by atoms with Crippen LogP contribution >= 0.6 is 0 Å². The Balaban J connectivity index is 1.62. The van der Waals surface area contributed by atoms with E-state index >= 15 is 0 Å². The van der Waals surface area contributed by atoms with Gasteiger partial charge in [0.25, 0.3) is 0 Å². The van der Waals surface area contributed by atoms with Gasteiger partial charge in [0.1, 0.15) is 11.6 Å². The van der Waals surface area contributed by atoms with E-state index in [1.807, 2.05) is 80.2 Å². The zero-order chi connectivity index (χ0) is 28.6. The molecule has 0 aliphatic carbocycles. The minimum Gasteiger partial charge on any atom is -0.434 e. The van der Waals surface area contributed by atoms with Gasteiger partial charge in [-0.25, -0.2) is 4.98 Å². The average Bonchev–Trinajstić information content (AvgIpc) is 3.49. The van der Waals surface area contributed by atoms with Gasteiger partial charge in [0, 0.05) is 35.5 Å². The highest BCUT2D eigenvalue weighted by Crippen LogP contribution is 2.39. The monoisotopic (exact) mass is 545 g/mol. The molecule has 0 radical (unpaired) electrons. The normalized spacial score (nSPS) is 12.4. The molecule has 206 valence electrons. The van der Waals surface area contributed by atoms with Crippen LogP contribution < -0.4 is 10.5 Å². The number of amides is 1. The number of nitrogens with zero attached hydrogens (tertiary/aromatic N) is 4. The maximum Gasteiger partial charge on any atom is 0.387 e. The van der Waals surface area contributed by atoms with Gasteiger partial charge in [0.15, 0.2) is 0 Å². The number of benzene rings is 3. The maximum atomic E-state index is 13.3. The third-order valence-electron chi connectivity index (χ3n) is 6.81. The van der Waals surface area contributed by atoms with Gasteiger partial charge in [-0.05, 0) is 35.7 Å². The first-order valence-corrected chi connectivity index (χ1v) is 12.8. The van der Waals surface area contributed by atoms with Crippen molar-refractivity contribution in [3.05, 3.63) is 89.7 Å².